The van der Waals surface area contributed by atoms with Crippen LogP contribution in [0, 0.1) is 5.92 Å². The zero-order chi connectivity index (χ0) is 30.1. The molecule has 0 spiro atoms. The zero-order valence-electron chi connectivity index (χ0n) is 23.7. The molecule has 1 fully saturated rings. The van der Waals surface area contributed by atoms with Gasteiger partial charge in [0.15, 0.2) is 0 Å². The summed E-state index contributed by atoms with van der Waals surface area (Å²) >= 11 is 0. The monoisotopic (exact) mass is 595 g/mol. The first-order valence-corrected chi connectivity index (χ1v) is 15.3. The number of benzene rings is 3. The summed E-state index contributed by atoms with van der Waals surface area (Å²) in [5.74, 6) is 0.761. The van der Waals surface area contributed by atoms with E-state index in [1.54, 1.807) is 24.3 Å². The SMILES string of the molecule is CC(C)C[C@H](NC(=O)OCc1ccccc1)C(=O)N[C@@H]1CCN(S(=O)(=O)c2ccc(Oc3ccccc3)cc2)C[C@H]1O. The molecule has 1 aliphatic heterocycles. The lowest BCUT2D eigenvalue weighted by atomic mass is 10.00. The van der Waals surface area contributed by atoms with Gasteiger partial charge in [-0.15, -0.1) is 0 Å². The van der Waals surface area contributed by atoms with E-state index in [1.807, 2.05) is 62.4 Å². The molecule has 3 aromatic rings. The molecule has 0 saturated carbocycles. The Kier molecular flexibility index (Phi) is 10.6. The van der Waals surface area contributed by atoms with E-state index in [4.69, 9.17) is 9.47 Å². The smallest absolute Gasteiger partial charge is 0.408 e. The van der Waals surface area contributed by atoms with Gasteiger partial charge in [0.1, 0.15) is 24.1 Å². The van der Waals surface area contributed by atoms with Crippen molar-refractivity contribution in [1.29, 1.82) is 0 Å². The third kappa shape index (κ3) is 8.54. The van der Waals surface area contributed by atoms with Crippen LogP contribution in [0.25, 0.3) is 0 Å². The van der Waals surface area contributed by atoms with Gasteiger partial charge < -0.3 is 25.2 Å². The standard InChI is InChI=1S/C31H37N3O7S/c1-22(2)19-28(33-31(37)40-21-23-9-5-3-6-10-23)30(36)32-27-17-18-34(20-29(27)35)42(38,39)26-15-13-25(14-16-26)41-24-11-7-4-8-12-24/h3-16,22,27-29,35H,17-21H2,1-2H3,(H,32,36)(H,33,37)/t27-,28+,29-/m1/s1. The molecule has 3 N–H and O–H groups in total. The van der Waals surface area contributed by atoms with E-state index >= 15 is 0 Å². The van der Waals surface area contributed by atoms with Gasteiger partial charge in [0, 0.05) is 13.1 Å². The highest BCUT2D eigenvalue weighted by atomic mass is 32.2. The van der Waals surface area contributed by atoms with Crippen molar-refractivity contribution < 1.29 is 32.6 Å². The van der Waals surface area contributed by atoms with Crippen LogP contribution < -0.4 is 15.4 Å². The summed E-state index contributed by atoms with van der Waals surface area (Å²) in [6, 6.07) is 22.9. The lowest BCUT2D eigenvalue weighted by Crippen LogP contribution is -2.58. The molecule has 0 bridgehead atoms. The highest BCUT2D eigenvalue weighted by Gasteiger charge is 2.36. The molecule has 10 nitrogen and oxygen atoms in total. The van der Waals surface area contributed by atoms with Crippen molar-refractivity contribution in [3.63, 3.8) is 0 Å². The largest absolute Gasteiger partial charge is 0.457 e. The Bertz CT molecular complexity index is 1420. The molecule has 2 amide bonds. The maximum Gasteiger partial charge on any atom is 0.408 e. The van der Waals surface area contributed by atoms with Crippen LogP contribution in [0.3, 0.4) is 0 Å². The van der Waals surface area contributed by atoms with Crippen molar-refractivity contribution in [2.24, 2.45) is 5.92 Å². The first kappa shape index (κ1) is 31.0. The summed E-state index contributed by atoms with van der Waals surface area (Å²) < 4.78 is 38.8. The molecule has 0 unspecified atom stereocenters. The van der Waals surface area contributed by atoms with Gasteiger partial charge in [-0.3, -0.25) is 4.79 Å². The minimum absolute atomic E-state index is 0.0666. The summed E-state index contributed by atoms with van der Waals surface area (Å²) in [5, 5.41) is 16.2. The van der Waals surface area contributed by atoms with Gasteiger partial charge in [-0.1, -0.05) is 62.4 Å². The number of aliphatic hydroxyl groups excluding tert-OH is 1. The van der Waals surface area contributed by atoms with Crippen LogP contribution in [0.2, 0.25) is 0 Å². The molecule has 11 heteroatoms. The molecule has 3 aromatic carbocycles. The third-order valence-corrected chi connectivity index (χ3v) is 8.72. The van der Waals surface area contributed by atoms with Crippen molar-refractivity contribution in [2.45, 2.75) is 56.4 Å². The number of amides is 2. The van der Waals surface area contributed by atoms with Crippen LogP contribution >= 0.6 is 0 Å². The number of nitrogens with one attached hydrogen (secondary N) is 2. The molecule has 1 saturated heterocycles. The molecule has 0 aliphatic carbocycles. The molecule has 4 rings (SSSR count). The second-order valence-corrected chi connectivity index (χ2v) is 12.5. The summed E-state index contributed by atoms with van der Waals surface area (Å²) in [4.78, 5) is 25.6. The fourth-order valence-electron chi connectivity index (χ4n) is 4.64. The van der Waals surface area contributed by atoms with Gasteiger partial charge in [-0.2, -0.15) is 4.31 Å². The topological polar surface area (TPSA) is 134 Å². The van der Waals surface area contributed by atoms with E-state index in [2.05, 4.69) is 10.6 Å². The number of hydrogen-bond acceptors (Lipinski definition) is 7. The Labute approximate surface area is 246 Å². The Morgan fingerprint density at radius 1 is 0.952 bits per heavy atom. The number of alkyl carbamates (subject to hydrolysis) is 1. The van der Waals surface area contributed by atoms with E-state index in [-0.39, 0.29) is 36.9 Å². The Balaban J connectivity index is 1.32. The maximum absolute atomic E-state index is 13.3. The number of ether oxygens (including phenoxy) is 2. The Hall–Kier alpha value is -3.93. The minimum atomic E-state index is -3.88. The van der Waals surface area contributed by atoms with Crippen LogP contribution in [0.1, 0.15) is 32.3 Å². The quantitative estimate of drug-likeness (QED) is 0.304. The molecule has 224 valence electrons. The van der Waals surface area contributed by atoms with Gasteiger partial charge in [0.25, 0.3) is 0 Å². The number of para-hydroxylation sites is 1. The number of carbonyl (C=O) groups excluding carboxylic acids is 2. The number of aliphatic hydroxyl groups is 1. The van der Waals surface area contributed by atoms with Crippen LogP contribution in [-0.2, 0) is 26.2 Å². The number of sulfonamides is 1. The lowest BCUT2D eigenvalue weighted by Gasteiger charge is -2.36. The van der Waals surface area contributed by atoms with Crippen LogP contribution in [-0.4, -0.2) is 61.1 Å². The highest BCUT2D eigenvalue weighted by molar-refractivity contribution is 7.89. The number of hydrogen-bond donors (Lipinski definition) is 3. The average molecular weight is 596 g/mol. The van der Waals surface area contributed by atoms with Crippen molar-refractivity contribution in [3.05, 3.63) is 90.5 Å². The van der Waals surface area contributed by atoms with Crippen molar-refractivity contribution in [3.8, 4) is 11.5 Å². The van der Waals surface area contributed by atoms with Crippen molar-refractivity contribution in [2.75, 3.05) is 13.1 Å². The first-order valence-electron chi connectivity index (χ1n) is 13.9. The molecule has 1 aliphatic rings. The fourth-order valence-corrected chi connectivity index (χ4v) is 6.11. The number of piperidine rings is 1. The number of nitrogens with zero attached hydrogens (tertiary/aromatic N) is 1. The van der Waals surface area contributed by atoms with Gasteiger partial charge in [0.2, 0.25) is 15.9 Å². The lowest BCUT2D eigenvalue weighted by molar-refractivity contribution is -0.125. The molecule has 3 atom stereocenters. The van der Waals surface area contributed by atoms with E-state index in [9.17, 15) is 23.1 Å². The number of rotatable bonds is 11. The molecule has 1 heterocycles. The maximum atomic E-state index is 13.3. The summed E-state index contributed by atoms with van der Waals surface area (Å²) in [6.07, 6.45) is -1.29. The predicted molar refractivity (Wildman–Crippen MR) is 157 cm³/mol. The first-order chi connectivity index (χ1) is 20.1. The van der Waals surface area contributed by atoms with Gasteiger partial charge in [-0.05, 0) is 60.7 Å². The molecule has 0 radical (unpaired) electrons. The second kappa shape index (κ2) is 14.3. The van der Waals surface area contributed by atoms with Crippen LogP contribution in [0.15, 0.2) is 89.8 Å². The third-order valence-electron chi connectivity index (χ3n) is 6.84. The number of β-amino-alcohol motifs (C(OH)–C–C–N with tert-alkyl or cyclic N) is 1. The number of carbonyl (C=O) groups is 2. The highest BCUT2D eigenvalue weighted by Crippen LogP contribution is 2.26. The van der Waals surface area contributed by atoms with Crippen LogP contribution in [0.5, 0.6) is 11.5 Å². The van der Waals surface area contributed by atoms with E-state index < -0.39 is 40.2 Å². The minimum Gasteiger partial charge on any atom is -0.457 e. The van der Waals surface area contributed by atoms with E-state index in [0.29, 0.717) is 17.9 Å². The average Bonchev–Trinajstić information content (AvgIpc) is 2.98. The summed E-state index contributed by atoms with van der Waals surface area (Å²) in [7, 11) is -3.88. The predicted octanol–water partition coefficient (Wildman–Crippen LogP) is 4.06. The normalized spacial score (nSPS) is 18.2. The van der Waals surface area contributed by atoms with Gasteiger partial charge >= 0.3 is 6.09 Å². The van der Waals surface area contributed by atoms with Crippen molar-refractivity contribution in [1.82, 2.24) is 14.9 Å². The summed E-state index contributed by atoms with van der Waals surface area (Å²) in [6.45, 7) is 3.84. The van der Waals surface area contributed by atoms with Crippen molar-refractivity contribution >= 4 is 22.0 Å². The van der Waals surface area contributed by atoms with E-state index in [0.717, 1.165) is 5.56 Å². The molecule has 0 aromatic heterocycles. The Morgan fingerprint density at radius 2 is 1.57 bits per heavy atom. The summed E-state index contributed by atoms with van der Waals surface area (Å²) in [5.41, 5.74) is 0.818. The van der Waals surface area contributed by atoms with E-state index in [1.165, 1.54) is 16.4 Å². The molecule has 42 heavy (non-hydrogen) atoms. The Morgan fingerprint density at radius 3 is 2.19 bits per heavy atom. The molecular weight excluding hydrogens is 558 g/mol. The second-order valence-electron chi connectivity index (χ2n) is 10.6. The zero-order valence-corrected chi connectivity index (χ0v) is 24.5. The van der Waals surface area contributed by atoms with Crippen LogP contribution in [0.4, 0.5) is 4.79 Å². The van der Waals surface area contributed by atoms with Gasteiger partial charge in [0.05, 0.1) is 17.0 Å². The molecular formula is C31H37N3O7S. The van der Waals surface area contributed by atoms with Gasteiger partial charge in [-0.25, -0.2) is 13.2 Å². The fraction of sp³-hybridized carbons (Fsp3) is 0.355.